The largest absolute Gasteiger partial charge is 0.496 e. The Bertz CT molecular complexity index is 477. The van der Waals surface area contributed by atoms with E-state index in [2.05, 4.69) is 5.32 Å². The molecule has 0 bridgehead atoms. The molecule has 0 fully saturated rings. The van der Waals surface area contributed by atoms with Gasteiger partial charge in [0.25, 0.3) is 5.91 Å². The molecule has 1 amide bonds. The van der Waals surface area contributed by atoms with Crippen molar-refractivity contribution in [2.24, 2.45) is 5.73 Å². The van der Waals surface area contributed by atoms with Crippen molar-refractivity contribution in [1.82, 2.24) is 5.32 Å². The van der Waals surface area contributed by atoms with E-state index < -0.39 is 0 Å². The minimum absolute atomic E-state index is 0.0553. The van der Waals surface area contributed by atoms with Crippen LogP contribution in [0, 0.1) is 0 Å². The highest BCUT2D eigenvalue weighted by atomic mass is 16.5. The summed E-state index contributed by atoms with van der Waals surface area (Å²) in [5.41, 5.74) is 6.06. The summed E-state index contributed by atoms with van der Waals surface area (Å²) < 4.78 is 15.7. The van der Waals surface area contributed by atoms with Crippen LogP contribution in [0.5, 0.6) is 17.2 Å². The van der Waals surface area contributed by atoms with E-state index >= 15 is 0 Å². The summed E-state index contributed by atoms with van der Waals surface area (Å²) in [4.78, 5) is 12.4. The molecule has 21 heavy (non-hydrogen) atoms. The smallest absolute Gasteiger partial charge is 0.255 e. The summed E-state index contributed by atoms with van der Waals surface area (Å²) in [5.74, 6) is 1.17. The number of hydrogen-bond donors (Lipinski definition) is 2. The number of carbonyl (C=O) groups excluding carboxylic acids is 1. The molecule has 0 aromatic heterocycles. The van der Waals surface area contributed by atoms with Gasteiger partial charge in [0.15, 0.2) is 11.5 Å². The highest BCUT2D eigenvalue weighted by molar-refractivity contribution is 5.98. The second kappa shape index (κ2) is 8.36. The average Bonchev–Trinajstić information content (AvgIpc) is 2.52. The number of nitrogens with two attached hydrogens (primary N) is 1. The van der Waals surface area contributed by atoms with Gasteiger partial charge in [-0.25, -0.2) is 0 Å². The van der Waals surface area contributed by atoms with Crippen LogP contribution in [-0.2, 0) is 0 Å². The van der Waals surface area contributed by atoms with Gasteiger partial charge in [-0.2, -0.15) is 0 Å². The molecule has 3 N–H and O–H groups in total. The second-order valence-electron chi connectivity index (χ2n) is 4.60. The number of ether oxygens (including phenoxy) is 3. The summed E-state index contributed by atoms with van der Waals surface area (Å²) in [6.45, 7) is 2.45. The molecule has 0 saturated heterocycles. The van der Waals surface area contributed by atoms with Gasteiger partial charge in [0.1, 0.15) is 5.75 Å². The first-order chi connectivity index (χ1) is 10.1. The highest BCUT2D eigenvalue weighted by Crippen LogP contribution is 2.34. The Balaban J connectivity index is 3.07. The van der Waals surface area contributed by atoms with Gasteiger partial charge in [0, 0.05) is 24.7 Å². The van der Waals surface area contributed by atoms with E-state index in [1.807, 2.05) is 6.92 Å². The maximum absolute atomic E-state index is 12.4. The topological polar surface area (TPSA) is 82.8 Å². The Kier molecular flexibility index (Phi) is 6.81. The van der Waals surface area contributed by atoms with Gasteiger partial charge >= 0.3 is 0 Å². The summed E-state index contributed by atoms with van der Waals surface area (Å²) in [6, 6.07) is 3.18. The van der Waals surface area contributed by atoms with Crippen molar-refractivity contribution in [3.8, 4) is 17.2 Å². The van der Waals surface area contributed by atoms with Crippen LogP contribution in [0.1, 0.15) is 30.1 Å². The summed E-state index contributed by atoms with van der Waals surface area (Å²) >= 11 is 0. The highest BCUT2D eigenvalue weighted by Gasteiger charge is 2.19. The van der Waals surface area contributed by atoms with Crippen LogP contribution in [-0.4, -0.2) is 39.8 Å². The number of benzene rings is 1. The molecule has 0 aliphatic heterocycles. The zero-order valence-electron chi connectivity index (χ0n) is 13.1. The standard InChI is InChI=1S/C15H24N2O4/c1-5-6-10(9-16)17-15(18)11-7-13(20-3)14(21-4)8-12(11)19-2/h7-8,10H,5-6,9,16H2,1-4H3,(H,17,18). The fourth-order valence-corrected chi connectivity index (χ4v) is 2.07. The molecular weight excluding hydrogens is 272 g/mol. The lowest BCUT2D eigenvalue weighted by molar-refractivity contribution is 0.0932. The van der Waals surface area contributed by atoms with Gasteiger partial charge in [0.05, 0.1) is 26.9 Å². The molecule has 1 aromatic carbocycles. The van der Waals surface area contributed by atoms with Crippen LogP contribution in [0.3, 0.4) is 0 Å². The molecule has 0 radical (unpaired) electrons. The number of rotatable bonds is 8. The predicted molar refractivity (Wildman–Crippen MR) is 81.3 cm³/mol. The van der Waals surface area contributed by atoms with Crippen LogP contribution >= 0.6 is 0 Å². The van der Waals surface area contributed by atoms with Gasteiger partial charge in [-0.3, -0.25) is 4.79 Å². The molecule has 0 spiro atoms. The first kappa shape index (κ1) is 17.1. The van der Waals surface area contributed by atoms with E-state index in [0.717, 1.165) is 12.8 Å². The molecule has 0 heterocycles. The zero-order valence-corrected chi connectivity index (χ0v) is 13.1. The van der Waals surface area contributed by atoms with E-state index in [1.54, 1.807) is 12.1 Å². The van der Waals surface area contributed by atoms with E-state index in [4.69, 9.17) is 19.9 Å². The Morgan fingerprint density at radius 3 is 2.19 bits per heavy atom. The number of hydrogen-bond acceptors (Lipinski definition) is 5. The average molecular weight is 296 g/mol. The van der Waals surface area contributed by atoms with Crippen molar-refractivity contribution < 1.29 is 19.0 Å². The number of amides is 1. The van der Waals surface area contributed by atoms with E-state index in [9.17, 15) is 4.79 Å². The summed E-state index contributed by atoms with van der Waals surface area (Å²) in [7, 11) is 4.55. The van der Waals surface area contributed by atoms with Gasteiger partial charge in [-0.1, -0.05) is 13.3 Å². The number of carbonyl (C=O) groups is 1. The lowest BCUT2D eigenvalue weighted by Crippen LogP contribution is -2.40. The summed E-state index contributed by atoms with van der Waals surface area (Å²) in [6.07, 6.45) is 1.78. The van der Waals surface area contributed by atoms with Crippen LogP contribution < -0.4 is 25.3 Å². The van der Waals surface area contributed by atoms with Crippen molar-refractivity contribution in [2.75, 3.05) is 27.9 Å². The Hall–Kier alpha value is -1.95. The van der Waals surface area contributed by atoms with Crippen molar-refractivity contribution >= 4 is 5.91 Å². The molecule has 6 heteroatoms. The van der Waals surface area contributed by atoms with Crippen LogP contribution in [0.15, 0.2) is 12.1 Å². The minimum atomic E-state index is -0.239. The first-order valence-electron chi connectivity index (χ1n) is 6.92. The Labute approximate surface area is 125 Å². The monoisotopic (exact) mass is 296 g/mol. The SMILES string of the molecule is CCCC(CN)NC(=O)c1cc(OC)c(OC)cc1OC. The van der Waals surface area contributed by atoms with Crippen molar-refractivity contribution in [3.63, 3.8) is 0 Å². The Morgan fingerprint density at radius 1 is 1.14 bits per heavy atom. The van der Waals surface area contributed by atoms with Gasteiger partial charge in [-0.05, 0) is 6.42 Å². The molecule has 6 nitrogen and oxygen atoms in total. The van der Waals surface area contributed by atoms with E-state index in [0.29, 0.717) is 29.4 Å². The molecular formula is C15H24N2O4. The van der Waals surface area contributed by atoms with Crippen LogP contribution in [0.2, 0.25) is 0 Å². The maximum atomic E-state index is 12.4. The molecule has 1 rings (SSSR count). The third-order valence-corrected chi connectivity index (χ3v) is 3.21. The second-order valence-corrected chi connectivity index (χ2v) is 4.60. The first-order valence-corrected chi connectivity index (χ1v) is 6.92. The quantitative estimate of drug-likeness (QED) is 0.761. The van der Waals surface area contributed by atoms with Gasteiger partial charge in [0.2, 0.25) is 0 Å². The number of nitrogens with one attached hydrogen (secondary N) is 1. The predicted octanol–water partition coefficient (Wildman–Crippen LogP) is 1.57. The van der Waals surface area contributed by atoms with Gasteiger partial charge in [-0.15, -0.1) is 0 Å². The normalized spacial score (nSPS) is 11.7. The van der Waals surface area contributed by atoms with Crippen molar-refractivity contribution in [3.05, 3.63) is 17.7 Å². The fraction of sp³-hybridized carbons (Fsp3) is 0.533. The lowest BCUT2D eigenvalue weighted by Gasteiger charge is -2.18. The van der Waals surface area contributed by atoms with E-state index in [1.165, 1.54) is 21.3 Å². The van der Waals surface area contributed by atoms with Crippen LogP contribution in [0.4, 0.5) is 0 Å². The van der Waals surface area contributed by atoms with Crippen molar-refractivity contribution in [1.29, 1.82) is 0 Å². The summed E-state index contributed by atoms with van der Waals surface area (Å²) in [5, 5.41) is 2.91. The van der Waals surface area contributed by atoms with Crippen LogP contribution in [0.25, 0.3) is 0 Å². The molecule has 0 aliphatic carbocycles. The number of methoxy groups -OCH3 is 3. The third-order valence-electron chi connectivity index (χ3n) is 3.21. The Morgan fingerprint density at radius 2 is 1.71 bits per heavy atom. The van der Waals surface area contributed by atoms with E-state index in [-0.39, 0.29) is 11.9 Å². The van der Waals surface area contributed by atoms with Crippen molar-refractivity contribution in [2.45, 2.75) is 25.8 Å². The van der Waals surface area contributed by atoms with Gasteiger partial charge < -0.3 is 25.3 Å². The molecule has 0 saturated carbocycles. The lowest BCUT2D eigenvalue weighted by atomic mass is 10.1. The fourth-order valence-electron chi connectivity index (χ4n) is 2.07. The molecule has 1 unspecified atom stereocenters. The zero-order chi connectivity index (χ0) is 15.8. The maximum Gasteiger partial charge on any atom is 0.255 e. The minimum Gasteiger partial charge on any atom is -0.496 e. The molecule has 0 aliphatic rings. The molecule has 1 aromatic rings. The third kappa shape index (κ3) is 4.26. The molecule has 1 atom stereocenters. The molecule has 118 valence electrons.